The van der Waals surface area contributed by atoms with Crippen LogP contribution < -0.4 is 5.32 Å². The van der Waals surface area contributed by atoms with Crippen molar-refractivity contribution in [3.05, 3.63) is 54.3 Å². The number of benzene rings is 1. The molecule has 2 aromatic heterocycles. The SMILES string of the molecule is Cc1cccc2nc(NC(=O)c3cnco3)n(C3CCCCN(C(=O)/C=C/CN(C)C)C3)c12. The van der Waals surface area contributed by atoms with Gasteiger partial charge in [-0.2, -0.15) is 0 Å². The first kappa shape index (κ1) is 22.7. The van der Waals surface area contributed by atoms with Crippen molar-refractivity contribution < 1.29 is 14.0 Å². The van der Waals surface area contributed by atoms with Crippen molar-refractivity contribution in [2.75, 3.05) is 39.0 Å². The van der Waals surface area contributed by atoms with Crippen LogP contribution in [0.2, 0.25) is 0 Å². The zero-order chi connectivity index (χ0) is 23.4. The number of hydrogen-bond acceptors (Lipinski definition) is 6. The third kappa shape index (κ3) is 5.14. The molecule has 2 amide bonds. The molecule has 0 saturated carbocycles. The van der Waals surface area contributed by atoms with Gasteiger partial charge >= 0.3 is 0 Å². The maximum atomic E-state index is 12.9. The highest BCUT2D eigenvalue weighted by molar-refractivity contribution is 6.02. The maximum Gasteiger partial charge on any atom is 0.295 e. The molecule has 1 aromatic carbocycles. The average molecular weight is 451 g/mol. The van der Waals surface area contributed by atoms with Crippen LogP contribution in [0, 0.1) is 6.92 Å². The summed E-state index contributed by atoms with van der Waals surface area (Å²) >= 11 is 0. The largest absolute Gasteiger partial charge is 0.438 e. The van der Waals surface area contributed by atoms with Crippen LogP contribution in [0.15, 0.2) is 47.4 Å². The number of aromatic nitrogens is 3. The fraction of sp³-hybridized carbons (Fsp3) is 0.417. The molecule has 1 unspecified atom stereocenters. The van der Waals surface area contributed by atoms with Crippen LogP contribution in [0.5, 0.6) is 0 Å². The van der Waals surface area contributed by atoms with Crippen LogP contribution >= 0.6 is 0 Å². The average Bonchev–Trinajstić information content (AvgIpc) is 3.37. The van der Waals surface area contributed by atoms with Gasteiger partial charge in [0.25, 0.3) is 5.91 Å². The summed E-state index contributed by atoms with van der Waals surface area (Å²) in [6.45, 7) is 4.02. The third-order valence-corrected chi connectivity index (χ3v) is 5.85. The lowest BCUT2D eigenvalue weighted by atomic mass is 10.1. The first-order chi connectivity index (χ1) is 15.9. The molecule has 174 valence electrons. The smallest absolute Gasteiger partial charge is 0.295 e. The minimum atomic E-state index is -0.408. The number of imidazole rings is 1. The number of nitrogens with one attached hydrogen (secondary N) is 1. The second-order valence-electron chi connectivity index (χ2n) is 8.67. The van der Waals surface area contributed by atoms with Crippen molar-refractivity contribution in [3.8, 4) is 0 Å². The monoisotopic (exact) mass is 450 g/mol. The number of likely N-dealkylation sites (N-methyl/N-ethyl adjacent to an activating group) is 1. The highest BCUT2D eigenvalue weighted by atomic mass is 16.3. The van der Waals surface area contributed by atoms with Gasteiger partial charge in [-0.1, -0.05) is 18.2 Å². The molecule has 1 fully saturated rings. The Balaban J connectivity index is 1.67. The van der Waals surface area contributed by atoms with Crippen LogP contribution in [0.3, 0.4) is 0 Å². The van der Waals surface area contributed by atoms with Crippen molar-refractivity contribution in [2.45, 2.75) is 32.2 Å². The minimum Gasteiger partial charge on any atom is -0.438 e. The van der Waals surface area contributed by atoms with E-state index < -0.39 is 5.91 Å². The summed E-state index contributed by atoms with van der Waals surface area (Å²) in [5.41, 5.74) is 2.83. The number of hydrogen-bond donors (Lipinski definition) is 1. The predicted octanol–water partition coefficient (Wildman–Crippen LogP) is 3.26. The van der Waals surface area contributed by atoms with E-state index >= 15 is 0 Å². The molecule has 1 aliphatic rings. The standard InChI is InChI=1S/C24H30N6O3/c1-17-8-6-10-19-22(17)30(24(26-19)27-23(32)20-14-25-16-33-20)18-9-4-5-13-29(15-18)21(31)11-7-12-28(2)3/h6-8,10-11,14,16,18H,4-5,9,12-13,15H2,1-3H3,(H,26,27,32)/b11-7+. The van der Waals surface area contributed by atoms with Crippen molar-refractivity contribution >= 4 is 28.8 Å². The van der Waals surface area contributed by atoms with Gasteiger partial charge in [0.15, 0.2) is 6.39 Å². The van der Waals surface area contributed by atoms with E-state index in [1.54, 1.807) is 6.08 Å². The molecule has 4 rings (SSSR count). The Hall–Kier alpha value is -3.46. The Morgan fingerprint density at radius 3 is 2.91 bits per heavy atom. The van der Waals surface area contributed by atoms with Crippen molar-refractivity contribution in [3.63, 3.8) is 0 Å². The highest BCUT2D eigenvalue weighted by Gasteiger charge is 2.27. The molecule has 1 saturated heterocycles. The van der Waals surface area contributed by atoms with Gasteiger partial charge in [0.1, 0.15) is 0 Å². The summed E-state index contributed by atoms with van der Waals surface area (Å²) < 4.78 is 7.23. The number of nitrogens with zero attached hydrogens (tertiary/aromatic N) is 5. The molecule has 0 spiro atoms. The Labute approximate surface area is 193 Å². The van der Waals surface area contributed by atoms with E-state index in [-0.39, 0.29) is 17.7 Å². The molecule has 0 radical (unpaired) electrons. The molecule has 0 bridgehead atoms. The number of anilines is 1. The Bertz CT molecular complexity index is 1150. The lowest BCUT2D eigenvalue weighted by Gasteiger charge is -2.26. The van der Waals surface area contributed by atoms with Gasteiger partial charge in [-0.05, 0) is 51.9 Å². The molecule has 0 aliphatic carbocycles. The van der Waals surface area contributed by atoms with Crippen molar-refractivity contribution in [1.82, 2.24) is 24.3 Å². The fourth-order valence-electron chi connectivity index (χ4n) is 4.26. The molecule has 33 heavy (non-hydrogen) atoms. The van der Waals surface area contributed by atoms with Gasteiger partial charge < -0.3 is 18.8 Å². The van der Waals surface area contributed by atoms with Gasteiger partial charge in [-0.15, -0.1) is 0 Å². The second kappa shape index (κ2) is 9.99. The van der Waals surface area contributed by atoms with Crippen molar-refractivity contribution in [2.24, 2.45) is 0 Å². The maximum absolute atomic E-state index is 12.9. The molecule has 9 nitrogen and oxygen atoms in total. The van der Waals surface area contributed by atoms with E-state index in [1.165, 1.54) is 12.6 Å². The van der Waals surface area contributed by atoms with Gasteiger partial charge in [0.2, 0.25) is 17.6 Å². The fourth-order valence-corrected chi connectivity index (χ4v) is 4.26. The van der Waals surface area contributed by atoms with E-state index in [2.05, 4.69) is 14.9 Å². The summed E-state index contributed by atoms with van der Waals surface area (Å²) in [6.07, 6.45) is 8.96. The molecule has 1 atom stereocenters. The van der Waals surface area contributed by atoms with Crippen LogP contribution in [-0.2, 0) is 4.79 Å². The molecule has 3 heterocycles. The summed E-state index contributed by atoms with van der Waals surface area (Å²) in [4.78, 5) is 38.1. The minimum absolute atomic E-state index is 0.0112. The Morgan fingerprint density at radius 2 is 2.15 bits per heavy atom. The van der Waals surface area contributed by atoms with Crippen LogP contribution in [0.4, 0.5) is 5.95 Å². The van der Waals surface area contributed by atoms with E-state index in [9.17, 15) is 9.59 Å². The number of carbonyl (C=O) groups is 2. The summed E-state index contributed by atoms with van der Waals surface area (Å²) in [6, 6.07) is 5.91. The number of para-hydroxylation sites is 1. The lowest BCUT2D eigenvalue weighted by molar-refractivity contribution is -0.126. The zero-order valence-corrected chi connectivity index (χ0v) is 19.3. The number of oxazole rings is 1. The van der Waals surface area contributed by atoms with E-state index in [0.717, 1.165) is 35.9 Å². The summed E-state index contributed by atoms with van der Waals surface area (Å²) in [5, 5.41) is 2.89. The topological polar surface area (TPSA) is 96.5 Å². The quantitative estimate of drug-likeness (QED) is 0.579. The van der Waals surface area contributed by atoms with Gasteiger partial charge in [0, 0.05) is 25.7 Å². The van der Waals surface area contributed by atoms with E-state index in [4.69, 9.17) is 9.40 Å². The van der Waals surface area contributed by atoms with Gasteiger partial charge in [-0.3, -0.25) is 14.9 Å². The first-order valence-corrected chi connectivity index (χ1v) is 11.2. The van der Waals surface area contributed by atoms with E-state index in [0.29, 0.717) is 25.6 Å². The number of amides is 2. The van der Waals surface area contributed by atoms with Crippen molar-refractivity contribution in [1.29, 1.82) is 0 Å². The molecule has 9 heteroatoms. The number of likely N-dealkylation sites (tertiary alicyclic amines) is 1. The molecule has 1 aliphatic heterocycles. The second-order valence-corrected chi connectivity index (χ2v) is 8.67. The summed E-state index contributed by atoms with van der Waals surface area (Å²) in [5.74, 6) is 0.171. The highest BCUT2D eigenvalue weighted by Crippen LogP contribution is 2.32. The molecule has 1 N–H and O–H groups in total. The number of aryl methyl sites for hydroxylation is 1. The van der Waals surface area contributed by atoms with Crippen LogP contribution in [0.1, 0.15) is 41.4 Å². The molecule has 3 aromatic rings. The number of fused-ring (bicyclic) bond motifs is 1. The van der Waals surface area contributed by atoms with Gasteiger partial charge in [0.05, 0.1) is 23.3 Å². The third-order valence-electron chi connectivity index (χ3n) is 5.85. The molecular weight excluding hydrogens is 420 g/mol. The predicted molar refractivity (Wildman–Crippen MR) is 126 cm³/mol. The van der Waals surface area contributed by atoms with Gasteiger partial charge in [-0.25, -0.2) is 9.97 Å². The van der Waals surface area contributed by atoms with Crippen LogP contribution in [0.25, 0.3) is 11.0 Å². The zero-order valence-electron chi connectivity index (χ0n) is 19.3. The van der Waals surface area contributed by atoms with E-state index in [1.807, 2.05) is 55.1 Å². The first-order valence-electron chi connectivity index (χ1n) is 11.2. The summed E-state index contributed by atoms with van der Waals surface area (Å²) in [7, 11) is 3.94. The Kier molecular flexibility index (Phi) is 6.88. The van der Waals surface area contributed by atoms with Crippen LogP contribution in [-0.4, -0.2) is 69.9 Å². The molecular formula is C24H30N6O3. The Morgan fingerprint density at radius 1 is 1.30 bits per heavy atom. The number of rotatable bonds is 6. The number of carbonyl (C=O) groups excluding carboxylic acids is 2. The normalized spacial score (nSPS) is 17.1. The lowest BCUT2D eigenvalue weighted by Crippen LogP contribution is -2.34.